The first-order valence-corrected chi connectivity index (χ1v) is 6.88. The van der Waals surface area contributed by atoms with Crippen LogP contribution in [0.1, 0.15) is 6.42 Å². The van der Waals surface area contributed by atoms with Crippen LogP contribution in [0.4, 0.5) is 0 Å². The molecule has 0 aromatic rings. The second kappa shape index (κ2) is 2.16. The van der Waals surface area contributed by atoms with Gasteiger partial charge in [-0.25, -0.2) is 0 Å². The highest BCUT2D eigenvalue weighted by molar-refractivity contribution is 5.96. The van der Waals surface area contributed by atoms with Crippen LogP contribution >= 0.6 is 0 Å². The lowest BCUT2D eigenvalue weighted by molar-refractivity contribution is -0.241. The molecule has 0 aromatic carbocycles. The van der Waals surface area contributed by atoms with Crippen LogP contribution in [0.3, 0.4) is 0 Å². The van der Waals surface area contributed by atoms with Crippen molar-refractivity contribution < 1.29 is 14.7 Å². The van der Waals surface area contributed by atoms with E-state index in [2.05, 4.69) is 5.16 Å². The normalized spacial score (nSPS) is 68.8. The lowest BCUT2D eigenvalue weighted by Crippen LogP contribution is -2.58. The molecule has 0 aromatic heterocycles. The molecule has 1 spiro atoms. The van der Waals surface area contributed by atoms with Crippen molar-refractivity contribution in [1.82, 2.24) is 0 Å². The van der Waals surface area contributed by atoms with Crippen molar-refractivity contribution in [3.8, 4) is 0 Å². The maximum atomic E-state index is 9.32. The first kappa shape index (κ1) is 8.48. The zero-order valence-corrected chi connectivity index (χ0v) is 9.45. The summed E-state index contributed by atoms with van der Waals surface area (Å²) >= 11 is 0. The standard InChI is InChI=1S/C13H15NO3/c15-14-12-8-4-3-5-7-6(4)9(12)11(7)13(10(5)8)16-1-2-17-13/h4-11,15H,1-3H2/b14-12+/t4-,5-,6-,7+,8-,9+,10+,11+/m0/s1. The molecule has 1 saturated heterocycles. The molecule has 90 valence electrons. The van der Waals surface area contributed by atoms with Gasteiger partial charge >= 0.3 is 0 Å². The van der Waals surface area contributed by atoms with Crippen molar-refractivity contribution in [1.29, 1.82) is 0 Å². The lowest BCUT2D eigenvalue weighted by atomic mass is 9.58. The topological polar surface area (TPSA) is 51.1 Å². The van der Waals surface area contributed by atoms with Crippen molar-refractivity contribution in [2.45, 2.75) is 12.2 Å². The van der Waals surface area contributed by atoms with E-state index < -0.39 is 0 Å². The molecular weight excluding hydrogens is 218 g/mol. The van der Waals surface area contributed by atoms with Gasteiger partial charge in [0.1, 0.15) is 0 Å². The third kappa shape index (κ3) is 0.557. The summed E-state index contributed by atoms with van der Waals surface area (Å²) in [5.74, 6) is 4.94. The molecular formula is C13H15NO3. The molecule has 6 rings (SSSR count). The van der Waals surface area contributed by atoms with Crippen LogP contribution in [0.15, 0.2) is 5.16 Å². The number of oxime groups is 1. The Labute approximate surface area is 99.0 Å². The van der Waals surface area contributed by atoms with E-state index in [1.807, 2.05) is 0 Å². The zero-order valence-electron chi connectivity index (χ0n) is 9.45. The molecule has 0 amide bonds. The summed E-state index contributed by atoms with van der Waals surface area (Å²) in [6, 6.07) is 0. The van der Waals surface area contributed by atoms with Crippen molar-refractivity contribution in [2.75, 3.05) is 13.2 Å². The second-order valence-electron chi connectivity index (χ2n) is 6.76. The van der Waals surface area contributed by atoms with Crippen LogP contribution in [0, 0.1) is 47.3 Å². The Morgan fingerprint density at radius 1 is 1.06 bits per heavy atom. The van der Waals surface area contributed by atoms with E-state index in [1.165, 1.54) is 6.42 Å². The fourth-order valence-electron chi connectivity index (χ4n) is 7.11. The minimum Gasteiger partial charge on any atom is -0.411 e. The fourth-order valence-corrected chi connectivity index (χ4v) is 7.11. The van der Waals surface area contributed by atoms with E-state index >= 15 is 0 Å². The van der Waals surface area contributed by atoms with Gasteiger partial charge in [0.05, 0.1) is 18.9 Å². The summed E-state index contributed by atoms with van der Waals surface area (Å²) in [7, 11) is 0. The van der Waals surface area contributed by atoms with Crippen molar-refractivity contribution in [2.24, 2.45) is 52.5 Å². The summed E-state index contributed by atoms with van der Waals surface area (Å²) in [5, 5.41) is 13.0. The number of hydrogen-bond acceptors (Lipinski definition) is 4. The SMILES string of the molecule is O/N=C1/[C@@H]2[C@H]3[C@@H]4C[C@H]5[C@H]3[C@H]2C2(OCCO2)[C@H]5[C@@H]14. The molecule has 0 radical (unpaired) electrons. The molecule has 4 heteroatoms. The minimum absolute atomic E-state index is 0.263. The van der Waals surface area contributed by atoms with Gasteiger partial charge in [-0.1, -0.05) is 5.16 Å². The number of rotatable bonds is 0. The van der Waals surface area contributed by atoms with Crippen LogP contribution in [0.25, 0.3) is 0 Å². The van der Waals surface area contributed by atoms with Crippen molar-refractivity contribution in [3.05, 3.63) is 0 Å². The van der Waals surface area contributed by atoms with Gasteiger partial charge in [0, 0.05) is 23.7 Å². The monoisotopic (exact) mass is 233 g/mol. The molecule has 4 nitrogen and oxygen atoms in total. The molecule has 6 fully saturated rings. The third-order valence-electron chi connectivity index (χ3n) is 6.97. The first-order chi connectivity index (χ1) is 8.38. The predicted molar refractivity (Wildman–Crippen MR) is 56.4 cm³/mol. The highest BCUT2D eigenvalue weighted by Gasteiger charge is 2.88. The zero-order chi connectivity index (χ0) is 10.9. The summed E-state index contributed by atoms with van der Waals surface area (Å²) in [4.78, 5) is 0. The van der Waals surface area contributed by atoms with Crippen molar-refractivity contribution in [3.63, 3.8) is 0 Å². The highest BCUT2D eigenvalue weighted by Crippen LogP contribution is 2.85. The van der Waals surface area contributed by atoms with Gasteiger partial charge in [-0.15, -0.1) is 0 Å². The Kier molecular flexibility index (Phi) is 1.08. The molecule has 6 aliphatic rings. The molecule has 1 heterocycles. The molecule has 5 aliphatic carbocycles. The largest absolute Gasteiger partial charge is 0.411 e. The highest BCUT2D eigenvalue weighted by atomic mass is 16.7. The van der Waals surface area contributed by atoms with Gasteiger partial charge in [-0.3, -0.25) is 0 Å². The van der Waals surface area contributed by atoms with E-state index in [4.69, 9.17) is 9.47 Å². The van der Waals surface area contributed by atoms with Gasteiger partial charge in [0.2, 0.25) is 0 Å². The Bertz CT molecular complexity index is 469. The predicted octanol–water partition coefficient (Wildman–Crippen LogP) is 0.947. The summed E-state index contributed by atoms with van der Waals surface area (Å²) in [6.07, 6.45) is 1.34. The summed E-state index contributed by atoms with van der Waals surface area (Å²) in [6.45, 7) is 1.51. The molecule has 2 bridgehead atoms. The maximum Gasteiger partial charge on any atom is 0.175 e. The molecule has 1 aliphatic heterocycles. The number of nitrogens with zero attached hydrogens (tertiary/aromatic N) is 1. The third-order valence-corrected chi connectivity index (χ3v) is 6.97. The first-order valence-electron chi connectivity index (χ1n) is 6.88. The van der Waals surface area contributed by atoms with Gasteiger partial charge in [-0.2, -0.15) is 0 Å². The van der Waals surface area contributed by atoms with E-state index in [0.717, 1.165) is 42.6 Å². The molecule has 1 N–H and O–H groups in total. The molecule has 5 saturated carbocycles. The Hall–Kier alpha value is -0.610. The summed E-state index contributed by atoms with van der Waals surface area (Å²) in [5.41, 5.74) is 1.11. The van der Waals surface area contributed by atoms with E-state index in [0.29, 0.717) is 23.7 Å². The van der Waals surface area contributed by atoms with Crippen LogP contribution < -0.4 is 0 Å². The van der Waals surface area contributed by atoms with Crippen molar-refractivity contribution >= 4 is 5.71 Å². The molecule has 17 heavy (non-hydrogen) atoms. The smallest absolute Gasteiger partial charge is 0.175 e. The number of ether oxygens (including phenoxy) is 2. The van der Waals surface area contributed by atoms with E-state index in [-0.39, 0.29) is 5.79 Å². The maximum absolute atomic E-state index is 9.32. The van der Waals surface area contributed by atoms with Gasteiger partial charge in [0.25, 0.3) is 0 Å². The second-order valence-corrected chi connectivity index (χ2v) is 6.76. The van der Waals surface area contributed by atoms with Crippen LogP contribution in [0.2, 0.25) is 0 Å². The minimum atomic E-state index is -0.263. The summed E-state index contributed by atoms with van der Waals surface area (Å²) < 4.78 is 12.2. The average Bonchev–Trinajstić information content (AvgIpc) is 2.95. The van der Waals surface area contributed by atoms with Gasteiger partial charge < -0.3 is 14.7 Å². The number of hydrogen-bond donors (Lipinski definition) is 1. The van der Waals surface area contributed by atoms with E-state index in [9.17, 15) is 5.21 Å². The Morgan fingerprint density at radius 2 is 1.88 bits per heavy atom. The molecule has 8 atom stereocenters. The van der Waals surface area contributed by atoms with Crippen LogP contribution in [-0.4, -0.2) is 29.9 Å². The average molecular weight is 233 g/mol. The fraction of sp³-hybridized carbons (Fsp3) is 0.923. The number of fused-ring (bicyclic) bond motifs is 4. The van der Waals surface area contributed by atoms with Crippen LogP contribution in [0.5, 0.6) is 0 Å². The van der Waals surface area contributed by atoms with Gasteiger partial charge in [0.15, 0.2) is 5.79 Å². The Morgan fingerprint density at radius 3 is 2.65 bits per heavy atom. The van der Waals surface area contributed by atoms with Gasteiger partial charge in [-0.05, 0) is 30.1 Å². The molecule has 0 unspecified atom stereocenters. The van der Waals surface area contributed by atoms with Crippen LogP contribution in [-0.2, 0) is 9.47 Å². The quantitative estimate of drug-likeness (QED) is 0.500. The van der Waals surface area contributed by atoms with E-state index in [1.54, 1.807) is 0 Å². The Balaban J connectivity index is 1.64. The lowest BCUT2D eigenvalue weighted by Gasteiger charge is -2.50.